The van der Waals surface area contributed by atoms with Gasteiger partial charge in [0.15, 0.2) is 0 Å². The fourth-order valence-corrected chi connectivity index (χ4v) is 3.39. The summed E-state index contributed by atoms with van der Waals surface area (Å²) >= 11 is 1.52. The highest BCUT2D eigenvalue weighted by Gasteiger charge is 2.29. The van der Waals surface area contributed by atoms with E-state index in [2.05, 4.69) is 16.0 Å². The lowest BCUT2D eigenvalue weighted by Gasteiger charge is -2.24. The van der Waals surface area contributed by atoms with Gasteiger partial charge in [0.25, 0.3) is 0 Å². The summed E-state index contributed by atoms with van der Waals surface area (Å²) in [6, 6.07) is -4.33. The molecule has 0 saturated heterocycles. The number of carboxylic acid groups (broad SMARTS) is 1. The Balaban J connectivity index is 5.19. The van der Waals surface area contributed by atoms with Gasteiger partial charge < -0.3 is 43.4 Å². The van der Waals surface area contributed by atoms with Gasteiger partial charge >= 0.3 is 5.97 Å². The van der Waals surface area contributed by atoms with Gasteiger partial charge in [-0.1, -0.05) is 0 Å². The van der Waals surface area contributed by atoms with Gasteiger partial charge in [0.2, 0.25) is 17.7 Å². The molecule has 4 atom stereocenters. The van der Waals surface area contributed by atoms with Crippen LogP contribution in [0.1, 0.15) is 44.9 Å². The standard InChI is InChI=1S/C20H40N6O6S/c1-33-11-8-13(23)17(28)26-16(12-27)19(30)24-14(6-2-4-9-21)18(29)25-15(20(31)32)7-3-5-10-22/h13-16,27H,2-12,21-23H2,1H3,(H,24,30)(H,25,29)(H,26,28)(H,31,32). The Bertz CT molecular complexity index is 612. The van der Waals surface area contributed by atoms with E-state index < -0.39 is 54.5 Å². The number of unbranched alkanes of at least 4 members (excludes halogenated alkanes) is 2. The SMILES string of the molecule is CSCCC(N)C(=O)NC(CO)C(=O)NC(CCCCN)C(=O)NC(CCCCN)C(=O)O. The molecule has 12 nitrogen and oxygen atoms in total. The number of nitrogens with two attached hydrogens (primary N) is 3. The summed E-state index contributed by atoms with van der Waals surface area (Å²) in [6.45, 7) is 0.108. The van der Waals surface area contributed by atoms with Crippen LogP contribution in [0.5, 0.6) is 0 Å². The van der Waals surface area contributed by atoms with E-state index >= 15 is 0 Å². The monoisotopic (exact) mass is 492 g/mol. The van der Waals surface area contributed by atoms with E-state index in [0.29, 0.717) is 50.9 Å². The van der Waals surface area contributed by atoms with Crippen LogP contribution in [0.2, 0.25) is 0 Å². The number of aliphatic carboxylic acids is 1. The zero-order valence-electron chi connectivity index (χ0n) is 19.3. The maximum absolute atomic E-state index is 12.8. The third-order valence-corrected chi connectivity index (χ3v) is 5.57. The van der Waals surface area contributed by atoms with Crippen molar-refractivity contribution in [2.75, 3.05) is 31.7 Å². The third kappa shape index (κ3) is 13.4. The number of carbonyl (C=O) groups is 4. The van der Waals surface area contributed by atoms with Crippen molar-refractivity contribution in [2.24, 2.45) is 17.2 Å². The van der Waals surface area contributed by atoms with Gasteiger partial charge in [0.1, 0.15) is 18.1 Å². The summed E-state index contributed by atoms with van der Waals surface area (Å²) in [5.74, 6) is -2.56. The number of nitrogens with one attached hydrogen (secondary N) is 3. The molecule has 0 aromatic carbocycles. The van der Waals surface area contributed by atoms with Gasteiger partial charge in [-0.15, -0.1) is 0 Å². The largest absolute Gasteiger partial charge is 0.480 e. The molecule has 0 radical (unpaired) electrons. The summed E-state index contributed by atoms with van der Waals surface area (Å²) in [5, 5.41) is 26.3. The number of carbonyl (C=O) groups excluding carboxylic acids is 3. The molecule has 0 aromatic heterocycles. The summed E-state index contributed by atoms with van der Waals surface area (Å²) < 4.78 is 0. The molecular formula is C20H40N6O6S. The summed E-state index contributed by atoms with van der Waals surface area (Å²) in [4.78, 5) is 49.1. The Morgan fingerprint density at radius 2 is 1.27 bits per heavy atom. The van der Waals surface area contributed by atoms with Crippen molar-refractivity contribution >= 4 is 35.5 Å². The van der Waals surface area contributed by atoms with E-state index in [-0.39, 0.29) is 12.8 Å². The van der Waals surface area contributed by atoms with Crippen LogP contribution in [0, 0.1) is 0 Å². The zero-order valence-corrected chi connectivity index (χ0v) is 20.1. The van der Waals surface area contributed by atoms with Gasteiger partial charge in [-0.05, 0) is 70.0 Å². The minimum absolute atomic E-state index is 0.199. The van der Waals surface area contributed by atoms with E-state index in [0.717, 1.165) is 0 Å². The molecule has 13 heteroatoms. The third-order valence-electron chi connectivity index (χ3n) is 4.93. The summed E-state index contributed by atoms with van der Waals surface area (Å²) in [7, 11) is 0. The Hall–Kier alpha value is -1.93. The van der Waals surface area contributed by atoms with Crippen LogP contribution < -0.4 is 33.2 Å². The fraction of sp³-hybridized carbons (Fsp3) is 0.800. The number of hydrogen-bond acceptors (Lipinski definition) is 9. The van der Waals surface area contributed by atoms with E-state index in [1.807, 2.05) is 6.26 Å². The molecule has 33 heavy (non-hydrogen) atoms. The highest BCUT2D eigenvalue weighted by atomic mass is 32.2. The maximum Gasteiger partial charge on any atom is 0.326 e. The summed E-state index contributed by atoms with van der Waals surface area (Å²) in [5.41, 5.74) is 16.7. The fourth-order valence-electron chi connectivity index (χ4n) is 2.91. The molecule has 0 spiro atoms. The molecule has 0 aliphatic heterocycles. The Morgan fingerprint density at radius 1 is 0.788 bits per heavy atom. The Morgan fingerprint density at radius 3 is 1.76 bits per heavy atom. The highest BCUT2D eigenvalue weighted by Crippen LogP contribution is 2.06. The van der Waals surface area contributed by atoms with Crippen LogP contribution >= 0.6 is 11.8 Å². The van der Waals surface area contributed by atoms with Crippen LogP contribution in [0.3, 0.4) is 0 Å². The van der Waals surface area contributed by atoms with Crippen LogP contribution in [-0.2, 0) is 19.2 Å². The second-order valence-corrected chi connectivity index (χ2v) is 8.65. The van der Waals surface area contributed by atoms with Crippen molar-refractivity contribution in [1.29, 1.82) is 0 Å². The van der Waals surface area contributed by atoms with Crippen LogP contribution in [0.15, 0.2) is 0 Å². The summed E-state index contributed by atoms with van der Waals surface area (Å²) in [6.07, 6.45) is 4.93. The van der Waals surface area contributed by atoms with E-state index in [4.69, 9.17) is 17.2 Å². The minimum atomic E-state index is -1.30. The number of amides is 3. The topological polar surface area (TPSA) is 223 Å². The molecule has 3 amide bonds. The first-order valence-corrected chi connectivity index (χ1v) is 12.5. The molecule has 0 aliphatic carbocycles. The van der Waals surface area contributed by atoms with Crippen LogP contribution in [0.4, 0.5) is 0 Å². The molecular weight excluding hydrogens is 452 g/mol. The van der Waals surface area contributed by atoms with Crippen LogP contribution in [-0.4, -0.2) is 89.8 Å². The average molecular weight is 493 g/mol. The van der Waals surface area contributed by atoms with E-state index in [1.165, 1.54) is 11.8 Å². The molecule has 0 heterocycles. The number of aliphatic hydroxyl groups is 1. The zero-order chi connectivity index (χ0) is 25.2. The Labute approximate surface area is 199 Å². The number of aliphatic hydroxyl groups excluding tert-OH is 1. The second kappa shape index (κ2) is 18.5. The van der Waals surface area contributed by atoms with Crippen molar-refractivity contribution in [2.45, 2.75) is 69.1 Å². The van der Waals surface area contributed by atoms with Crippen LogP contribution in [0.25, 0.3) is 0 Å². The van der Waals surface area contributed by atoms with Gasteiger partial charge in [0, 0.05) is 0 Å². The lowest BCUT2D eigenvalue weighted by Crippen LogP contribution is -2.58. The van der Waals surface area contributed by atoms with Gasteiger partial charge in [0.05, 0.1) is 12.6 Å². The van der Waals surface area contributed by atoms with Crippen molar-refractivity contribution in [3.8, 4) is 0 Å². The molecule has 11 N–H and O–H groups in total. The number of thioether (sulfide) groups is 1. The lowest BCUT2D eigenvalue weighted by molar-refractivity contribution is -0.142. The van der Waals surface area contributed by atoms with Gasteiger partial charge in [-0.2, -0.15) is 11.8 Å². The number of rotatable bonds is 19. The molecule has 0 aromatic rings. The highest BCUT2D eigenvalue weighted by molar-refractivity contribution is 7.98. The second-order valence-electron chi connectivity index (χ2n) is 7.66. The van der Waals surface area contributed by atoms with Gasteiger partial charge in [-0.25, -0.2) is 4.79 Å². The number of carboxylic acids is 1. The van der Waals surface area contributed by atoms with Crippen molar-refractivity contribution in [1.82, 2.24) is 16.0 Å². The van der Waals surface area contributed by atoms with E-state index in [1.54, 1.807) is 0 Å². The molecule has 4 unspecified atom stereocenters. The Kier molecular flexibility index (Phi) is 17.4. The molecule has 0 saturated carbocycles. The average Bonchev–Trinajstić information content (AvgIpc) is 2.79. The normalized spacial score (nSPS) is 14.6. The molecule has 0 rings (SSSR count). The first-order chi connectivity index (χ1) is 15.7. The quantitative estimate of drug-likeness (QED) is 0.0913. The van der Waals surface area contributed by atoms with Gasteiger partial charge in [-0.3, -0.25) is 14.4 Å². The molecule has 192 valence electrons. The first-order valence-electron chi connectivity index (χ1n) is 11.1. The molecule has 0 bridgehead atoms. The predicted molar refractivity (Wildman–Crippen MR) is 127 cm³/mol. The van der Waals surface area contributed by atoms with Crippen molar-refractivity contribution in [3.63, 3.8) is 0 Å². The smallest absolute Gasteiger partial charge is 0.326 e. The minimum Gasteiger partial charge on any atom is -0.480 e. The predicted octanol–water partition coefficient (Wildman–Crippen LogP) is -2.14. The number of hydrogen-bond donors (Lipinski definition) is 8. The lowest BCUT2D eigenvalue weighted by atomic mass is 10.1. The maximum atomic E-state index is 12.8. The molecule has 0 aliphatic rings. The first kappa shape index (κ1) is 31.1. The van der Waals surface area contributed by atoms with Crippen molar-refractivity contribution < 1.29 is 29.4 Å². The van der Waals surface area contributed by atoms with Crippen molar-refractivity contribution in [3.05, 3.63) is 0 Å². The molecule has 0 fully saturated rings. The van der Waals surface area contributed by atoms with E-state index in [9.17, 15) is 29.4 Å².